The minimum absolute atomic E-state index is 0.0238. The van der Waals surface area contributed by atoms with Gasteiger partial charge in [0.05, 0.1) is 18.9 Å². The van der Waals surface area contributed by atoms with Gasteiger partial charge in [-0.2, -0.15) is 5.01 Å². The maximum Gasteiger partial charge on any atom is 0.344 e. The standard InChI is InChI=1S/C21H26N6O4S/c1-31-13-12-26-17(15-8-4-2-5-9-15)23-24-20(26)32-14-16(28)25-27-18(29)21(22-19(27)30)10-6-3-7-11-21/h2,4-5,8-9H,3,6-7,10-14H2,1H3,(H,22,30)(H,25,28). The molecule has 2 N–H and O–H groups in total. The van der Waals surface area contributed by atoms with Crippen molar-refractivity contribution in [3.05, 3.63) is 30.3 Å². The molecule has 0 atom stereocenters. The van der Waals surface area contributed by atoms with Crippen molar-refractivity contribution in [2.45, 2.75) is 49.3 Å². The Labute approximate surface area is 190 Å². The Morgan fingerprint density at radius 1 is 1.19 bits per heavy atom. The summed E-state index contributed by atoms with van der Waals surface area (Å²) in [6.45, 7) is 0.982. The molecule has 0 bridgehead atoms. The quantitative estimate of drug-likeness (QED) is 0.459. The molecular formula is C21H26N6O4S. The molecular weight excluding hydrogens is 432 g/mol. The van der Waals surface area contributed by atoms with Gasteiger partial charge in [0.25, 0.3) is 5.91 Å². The molecule has 2 aromatic rings. The third-order valence-corrected chi connectivity index (χ3v) is 6.67. The van der Waals surface area contributed by atoms with Crippen molar-refractivity contribution >= 4 is 29.6 Å². The van der Waals surface area contributed by atoms with Crippen LogP contribution < -0.4 is 10.7 Å². The number of hydrogen-bond donors (Lipinski definition) is 2. The SMILES string of the molecule is COCCn1c(SCC(=O)NN2C(=O)NC3(CCCCC3)C2=O)nnc1-c1ccccc1. The normalized spacial score (nSPS) is 17.6. The predicted octanol–water partition coefficient (Wildman–Crippen LogP) is 1.97. The summed E-state index contributed by atoms with van der Waals surface area (Å²) in [6, 6.07) is 9.06. The largest absolute Gasteiger partial charge is 0.383 e. The lowest BCUT2D eigenvalue weighted by Crippen LogP contribution is -2.51. The molecule has 1 spiro atoms. The topological polar surface area (TPSA) is 118 Å². The van der Waals surface area contributed by atoms with Crippen molar-refractivity contribution in [1.29, 1.82) is 0 Å². The fraction of sp³-hybridized carbons (Fsp3) is 0.476. The number of hydrogen-bond acceptors (Lipinski definition) is 7. The number of imide groups is 1. The molecule has 1 aliphatic carbocycles. The number of nitrogens with one attached hydrogen (secondary N) is 2. The lowest BCUT2D eigenvalue weighted by molar-refractivity contribution is -0.139. The van der Waals surface area contributed by atoms with E-state index in [4.69, 9.17) is 4.74 Å². The second-order valence-electron chi connectivity index (χ2n) is 7.85. The van der Waals surface area contributed by atoms with Gasteiger partial charge < -0.3 is 10.1 Å². The second-order valence-corrected chi connectivity index (χ2v) is 8.80. The van der Waals surface area contributed by atoms with Crippen molar-refractivity contribution < 1.29 is 19.1 Å². The van der Waals surface area contributed by atoms with Gasteiger partial charge in [0.2, 0.25) is 5.91 Å². The molecule has 4 rings (SSSR count). The highest BCUT2D eigenvalue weighted by Gasteiger charge is 2.52. The fourth-order valence-corrected chi connectivity index (χ4v) is 4.84. The minimum Gasteiger partial charge on any atom is -0.383 e. The molecule has 2 heterocycles. The molecule has 1 saturated heterocycles. The highest BCUT2D eigenvalue weighted by Crippen LogP contribution is 2.33. The lowest BCUT2D eigenvalue weighted by Gasteiger charge is -2.30. The van der Waals surface area contributed by atoms with Gasteiger partial charge in [-0.25, -0.2) is 4.79 Å². The van der Waals surface area contributed by atoms with Gasteiger partial charge in [0, 0.05) is 12.7 Å². The van der Waals surface area contributed by atoms with E-state index in [1.807, 2.05) is 34.9 Å². The summed E-state index contributed by atoms with van der Waals surface area (Å²) >= 11 is 1.19. The maximum atomic E-state index is 12.8. The van der Waals surface area contributed by atoms with Gasteiger partial charge in [-0.15, -0.1) is 10.2 Å². The Morgan fingerprint density at radius 2 is 1.94 bits per heavy atom. The van der Waals surface area contributed by atoms with Crippen LogP contribution in [0.1, 0.15) is 32.1 Å². The third-order valence-electron chi connectivity index (χ3n) is 5.71. The van der Waals surface area contributed by atoms with Gasteiger partial charge in [0.15, 0.2) is 11.0 Å². The molecule has 1 aromatic heterocycles. The second kappa shape index (κ2) is 9.70. The van der Waals surface area contributed by atoms with E-state index in [1.165, 1.54) is 11.8 Å². The maximum absolute atomic E-state index is 12.8. The summed E-state index contributed by atoms with van der Waals surface area (Å²) in [5, 5.41) is 12.7. The Kier molecular flexibility index (Phi) is 6.75. The van der Waals surface area contributed by atoms with Crippen molar-refractivity contribution in [1.82, 2.24) is 30.5 Å². The van der Waals surface area contributed by atoms with Crippen LogP contribution in [0, 0.1) is 0 Å². The van der Waals surface area contributed by atoms with Gasteiger partial charge >= 0.3 is 6.03 Å². The van der Waals surface area contributed by atoms with Gasteiger partial charge in [-0.3, -0.25) is 19.6 Å². The predicted molar refractivity (Wildman–Crippen MR) is 117 cm³/mol. The average Bonchev–Trinajstić information content (AvgIpc) is 3.31. The monoisotopic (exact) mass is 458 g/mol. The van der Waals surface area contributed by atoms with E-state index >= 15 is 0 Å². The Bertz CT molecular complexity index is 989. The number of rotatable bonds is 8. The number of methoxy groups -OCH3 is 1. The van der Waals surface area contributed by atoms with Crippen LogP contribution in [0.5, 0.6) is 0 Å². The molecule has 1 aliphatic heterocycles. The zero-order chi connectivity index (χ0) is 22.6. The van der Waals surface area contributed by atoms with Crippen LogP contribution in [-0.4, -0.2) is 62.6 Å². The van der Waals surface area contributed by atoms with E-state index in [0.717, 1.165) is 29.8 Å². The first-order valence-electron chi connectivity index (χ1n) is 10.6. The number of amides is 4. The Balaban J connectivity index is 1.41. The van der Waals surface area contributed by atoms with Crippen LogP contribution in [0.4, 0.5) is 4.79 Å². The van der Waals surface area contributed by atoms with Crippen LogP contribution in [0.25, 0.3) is 11.4 Å². The molecule has 2 fully saturated rings. The number of aromatic nitrogens is 3. The van der Waals surface area contributed by atoms with Crippen LogP contribution in [-0.2, 0) is 20.9 Å². The molecule has 0 radical (unpaired) electrons. The van der Waals surface area contributed by atoms with Crippen molar-refractivity contribution in [3.8, 4) is 11.4 Å². The van der Waals surface area contributed by atoms with E-state index in [-0.39, 0.29) is 11.7 Å². The van der Waals surface area contributed by atoms with Crippen LogP contribution in [0.2, 0.25) is 0 Å². The Hall–Kier alpha value is -2.92. The first-order valence-corrected chi connectivity index (χ1v) is 11.6. The molecule has 2 aliphatic rings. The van der Waals surface area contributed by atoms with E-state index < -0.39 is 17.5 Å². The molecule has 4 amide bonds. The van der Waals surface area contributed by atoms with E-state index in [0.29, 0.717) is 37.0 Å². The van der Waals surface area contributed by atoms with Gasteiger partial charge in [-0.05, 0) is 12.8 Å². The number of hydrazine groups is 1. The van der Waals surface area contributed by atoms with Crippen molar-refractivity contribution in [2.24, 2.45) is 0 Å². The molecule has 1 saturated carbocycles. The molecule has 0 unspecified atom stereocenters. The molecule has 10 nitrogen and oxygen atoms in total. The number of ether oxygens (including phenoxy) is 1. The summed E-state index contributed by atoms with van der Waals surface area (Å²) in [5.41, 5.74) is 2.48. The number of benzene rings is 1. The Morgan fingerprint density at radius 3 is 2.66 bits per heavy atom. The first-order chi connectivity index (χ1) is 15.5. The summed E-state index contributed by atoms with van der Waals surface area (Å²) in [6.07, 6.45) is 4.00. The van der Waals surface area contributed by atoms with E-state index in [1.54, 1.807) is 7.11 Å². The lowest BCUT2D eigenvalue weighted by atomic mass is 9.82. The number of thioether (sulfide) groups is 1. The summed E-state index contributed by atoms with van der Waals surface area (Å²) in [7, 11) is 1.62. The number of urea groups is 1. The van der Waals surface area contributed by atoms with Crippen LogP contribution >= 0.6 is 11.8 Å². The number of carbonyl (C=O) groups excluding carboxylic acids is 3. The fourth-order valence-electron chi connectivity index (χ4n) is 4.08. The zero-order valence-corrected chi connectivity index (χ0v) is 18.7. The summed E-state index contributed by atoms with van der Waals surface area (Å²) in [5.74, 6) is -0.188. The average molecular weight is 459 g/mol. The van der Waals surface area contributed by atoms with Crippen molar-refractivity contribution in [3.63, 3.8) is 0 Å². The number of carbonyl (C=O) groups is 3. The van der Waals surface area contributed by atoms with Crippen LogP contribution in [0.3, 0.4) is 0 Å². The first kappa shape index (κ1) is 22.3. The van der Waals surface area contributed by atoms with E-state index in [2.05, 4.69) is 20.9 Å². The minimum atomic E-state index is -0.874. The molecule has 1 aromatic carbocycles. The summed E-state index contributed by atoms with van der Waals surface area (Å²) < 4.78 is 7.09. The molecule has 170 valence electrons. The highest BCUT2D eigenvalue weighted by molar-refractivity contribution is 7.99. The van der Waals surface area contributed by atoms with Crippen molar-refractivity contribution in [2.75, 3.05) is 19.5 Å². The molecule has 32 heavy (non-hydrogen) atoms. The van der Waals surface area contributed by atoms with Gasteiger partial charge in [0.1, 0.15) is 5.54 Å². The zero-order valence-electron chi connectivity index (χ0n) is 17.9. The van der Waals surface area contributed by atoms with Gasteiger partial charge in [-0.1, -0.05) is 61.4 Å². The third kappa shape index (κ3) is 4.49. The highest BCUT2D eigenvalue weighted by atomic mass is 32.2. The molecule has 11 heteroatoms. The number of nitrogens with zero attached hydrogens (tertiary/aromatic N) is 4. The smallest absolute Gasteiger partial charge is 0.344 e. The summed E-state index contributed by atoms with van der Waals surface area (Å²) in [4.78, 5) is 37.7. The van der Waals surface area contributed by atoms with E-state index in [9.17, 15) is 14.4 Å². The van der Waals surface area contributed by atoms with Crippen LogP contribution in [0.15, 0.2) is 35.5 Å².